The molecule has 0 bridgehead atoms. The average Bonchev–Trinajstić information content (AvgIpc) is 2.38. The molecule has 3 heteroatoms. The van der Waals surface area contributed by atoms with Gasteiger partial charge in [0.15, 0.2) is 0 Å². The van der Waals surface area contributed by atoms with Crippen LogP contribution in [0.2, 0.25) is 0 Å². The molecule has 1 aromatic rings. The van der Waals surface area contributed by atoms with Gasteiger partial charge in [-0.25, -0.2) is 0 Å². The highest BCUT2D eigenvalue weighted by Crippen LogP contribution is 2.20. The van der Waals surface area contributed by atoms with Gasteiger partial charge in [0.05, 0.1) is 0 Å². The molecule has 0 heterocycles. The van der Waals surface area contributed by atoms with Crippen LogP contribution >= 0.6 is 0 Å². The summed E-state index contributed by atoms with van der Waals surface area (Å²) in [6.07, 6.45) is 1.16. The molecule has 0 aliphatic heterocycles. The standard InChI is InChI=1S/C16H29N3/c1-5-10-19(12-11-18(3)4)16(13-17)15-8-6-14(2)7-9-15/h6-9,16H,5,10-13,17H2,1-4H3. The monoisotopic (exact) mass is 263 g/mol. The molecule has 19 heavy (non-hydrogen) atoms. The number of hydrogen-bond acceptors (Lipinski definition) is 3. The molecule has 1 unspecified atom stereocenters. The fourth-order valence-electron chi connectivity index (χ4n) is 2.32. The molecular weight excluding hydrogens is 234 g/mol. The lowest BCUT2D eigenvalue weighted by Crippen LogP contribution is -2.38. The number of nitrogens with zero attached hydrogens (tertiary/aromatic N) is 2. The zero-order valence-corrected chi connectivity index (χ0v) is 12.9. The van der Waals surface area contributed by atoms with Gasteiger partial charge in [-0.15, -0.1) is 0 Å². The summed E-state index contributed by atoms with van der Waals surface area (Å²) in [5, 5.41) is 0. The third kappa shape index (κ3) is 5.31. The number of hydrogen-bond donors (Lipinski definition) is 1. The van der Waals surface area contributed by atoms with Crippen LogP contribution in [0.4, 0.5) is 0 Å². The maximum Gasteiger partial charge on any atom is 0.0470 e. The SMILES string of the molecule is CCCN(CCN(C)C)C(CN)c1ccc(C)cc1. The fraction of sp³-hybridized carbons (Fsp3) is 0.625. The molecule has 0 spiro atoms. The van der Waals surface area contributed by atoms with Gasteiger partial charge in [0, 0.05) is 25.7 Å². The van der Waals surface area contributed by atoms with Crippen LogP contribution in [-0.4, -0.2) is 50.1 Å². The predicted octanol–water partition coefficient (Wildman–Crippen LogP) is 2.27. The molecule has 3 nitrogen and oxygen atoms in total. The first kappa shape index (κ1) is 16.2. The van der Waals surface area contributed by atoms with Gasteiger partial charge in [-0.2, -0.15) is 0 Å². The number of aryl methyl sites for hydroxylation is 1. The summed E-state index contributed by atoms with van der Waals surface area (Å²) in [5.74, 6) is 0. The Morgan fingerprint density at radius 2 is 1.68 bits per heavy atom. The van der Waals surface area contributed by atoms with Gasteiger partial charge in [0.2, 0.25) is 0 Å². The molecule has 0 amide bonds. The Morgan fingerprint density at radius 1 is 1.05 bits per heavy atom. The van der Waals surface area contributed by atoms with E-state index in [4.69, 9.17) is 5.73 Å². The highest BCUT2D eigenvalue weighted by molar-refractivity contribution is 5.24. The average molecular weight is 263 g/mol. The minimum atomic E-state index is 0.334. The lowest BCUT2D eigenvalue weighted by Gasteiger charge is -2.32. The molecule has 0 saturated heterocycles. The van der Waals surface area contributed by atoms with Gasteiger partial charge in [0.25, 0.3) is 0 Å². The second-order valence-corrected chi connectivity index (χ2v) is 5.50. The molecule has 0 aliphatic rings. The van der Waals surface area contributed by atoms with Gasteiger partial charge < -0.3 is 10.6 Å². The normalized spacial score (nSPS) is 13.2. The third-order valence-corrected chi connectivity index (χ3v) is 3.47. The van der Waals surface area contributed by atoms with Crippen molar-refractivity contribution < 1.29 is 0 Å². The molecule has 1 rings (SSSR count). The van der Waals surface area contributed by atoms with E-state index in [1.54, 1.807) is 0 Å². The molecule has 1 aromatic carbocycles. The lowest BCUT2D eigenvalue weighted by molar-refractivity contribution is 0.182. The Hall–Kier alpha value is -0.900. The van der Waals surface area contributed by atoms with Gasteiger partial charge in [-0.3, -0.25) is 4.90 Å². The maximum absolute atomic E-state index is 6.03. The number of likely N-dealkylation sites (N-methyl/N-ethyl adjacent to an activating group) is 1. The minimum absolute atomic E-state index is 0.334. The summed E-state index contributed by atoms with van der Waals surface area (Å²) >= 11 is 0. The second kappa shape index (κ2) is 8.31. The first-order chi connectivity index (χ1) is 9.08. The van der Waals surface area contributed by atoms with Gasteiger partial charge in [-0.05, 0) is 39.5 Å². The van der Waals surface area contributed by atoms with Crippen molar-refractivity contribution in [2.45, 2.75) is 26.3 Å². The van der Waals surface area contributed by atoms with E-state index in [1.807, 2.05) is 0 Å². The Balaban J connectivity index is 2.79. The molecule has 0 radical (unpaired) electrons. The van der Waals surface area contributed by atoms with Crippen molar-refractivity contribution in [3.8, 4) is 0 Å². The smallest absolute Gasteiger partial charge is 0.0470 e. The van der Waals surface area contributed by atoms with Crippen molar-refractivity contribution in [3.63, 3.8) is 0 Å². The van der Waals surface area contributed by atoms with Crippen LogP contribution in [-0.2, 0) is 0 Å². The molecule has 1 atom stereocenters. The summed E-state index contributed by atoms with van der Waals surface area (Å²) in [5.41, 5.74) is 8.66. The van der Waals surface area contributed by atoms with E-state index in [-0.39, 0.29) is 0 Å². The first-order valence-corrected chi connectivity index (χ1v) is 7.23. The molecule has 0 aliphatic carbocycles. The van der Waals surface area contributed by atoms with Crippen LogP contribution in [0.15, 0.2) is 24.3 Å². The number of benzene rings is 1. The van der Waals surface area contributed by atoms with Crippen LogP contribution in [0, 0.1) is 6.92 Å². The highest BCUT2D eigenvalue weighted by atomic mass is 15.2. The van der Waals surface area contributed by atoms with Crippen molar-refractivity contribution in [3.05, 3.63) is 35.4 Å². The molecule has 0 saturated carbocycles. The van der Waals surface area contributed by atoms with Crippen molar-refractivity contribution in [2.75, 3.05) is 40.3 Å². The van der Waals surface area contributed by atoms with Crippen molar-refractivity contribution in [2.24, 2.45) is 5.73 Å². The summed E-state index contributed by atoms with van der Waals surface area (Å²) in [6.45, 7) is 8.27. The fourth-order valence-corrected chi connectivity index (χ4v) is 2.32. The van der Waals surface area contributed by atoms with E-state index in [1.165, 1.54) is 11.1 Å². The van der Waals surface area contributed by atoms with Crippen LogP contribution in [0.5, 0.6) is 0 Å². The van der Waals surface area contributed by atoms with E-state index in [9.17, 15) is 0 Å². The Labute approximate surface area is 118 Å². The van der Waals surface area contributed by atoms with Crippen LogP contribution < -0.4 is 5.73 Å². The molecule has 2 N–H and O–H groups in total. The van der Waals surface area contributed by atoms with Crippen LogP contribution in [0.25, 0.3) is 0 Å². The zero-order chi connectivity index (χ0) is 14.3. The molecular formula is C16H29N3. The van der Waals surface area contributed by atoms with Crippen molar-refractivity contribution >= 4 is 0 Å². The predicted molar refractivity (Wildman–Crippen MR) is 83.4 cm³/mol. The Morgan fingerprint density at radius 3 is 2.16 bits per heavy atom. The largest absolute Gasteiger partial charge is 0.329 e. The first-order valence-electron chi connectivity index (χ1n) is 7.23. The molecule has 0 aromatic heterocycles. The third-order valence-electron chi connectivity index (χ3n) is 3.47. The van der Waals surface area contributed by atoms with E-state index in [0.717, 1.165) is 26.1 Å². The Kier molecular flexibility index (Phi) is 7.06. The van der Waals surface area contributed by atoms with Crippen molar-refractivity contribution in [1.82, 2.24) is 9.80 Å². The molecule has 0 fully saturated rings. The maximum atomic E-state index is 6.03. The zero-order valence-electron chi connectivity index (χ0n) is 12.9. The highest BCUT2D eigenvalue weighted by Gasteiger charge is 2.18. The number of rotatable bonds is 8. The van der Waals surface area contributed by atoms with Gasteiger partial charge in [0.1, 0.15) is 0 Å². The summed E-state index contributed by atoms with van der Waals surface area (Å²) < 4.78 is 0. The number of nitrogens with two attached hydrogens (primary N) is 1. The summed E-state index contributed by atoms with van der Waals surface area (Å²) in [7, 11) is 4.24. The lowest BCUT2D eigenvalue weighted by atomic mass is 10.0. The van der Waals surface area contributed by atoms with Gasteiger partial charge in [-0.1, -0.05) is 36.8 Å². The minimum Gasteiger partial charge on any atom is -0.329 e. The van der Waals surface area contributed by atoms with E-state index >= 15 is 0 Å². The van der Waals surface area contributed by atoms with Crippen molar-refractivity contribution in [1.29, 1.82) is 0 Å². The van der Waals surface area contributed by atoms with Crippen LogP contribution in [0.3, 0.4) is 0 Å². The summed E-state index contributed by atoms with van der Waals surface area (Å²) in [4.78, 5) is 4.73. The van der Waals surface area contributed by atoms with Gasteiger partial charge >= 0.3 is 0 Å². The van der Waals surface area contributed by atoms with Crippen LogP contribution in [0.1, 0.15) is 30.5 Å². The Bertz CT molecular complexity index is 346. The van der Waals surface area contributed by atoms with E-state index < -0.39 is 0 Å². The second-order valence-electron chi connectivity index (χ2n) is 5.50. The molecule has 108 valence electrons. The van der Waals surface area contributed by atoms with E-state index in [2.05, 4.69) is 62.0 Å². The topological polar surface area (TPSA) is 32.5 Å². The quantitative estimate of drug-likeness (QED) is 0.781. The summed E-state index contributed by atoms with van der Waals surface area (Å²) in [6, 6.07) is 9.11. The van der Waals surface area contributed by atoms with E-state index in [0.29, 0.717) is 12.6 Å².